The summed E-state index contributed by atoms with van der Waals surface area (Å²) in [6, 6.07) is 6.14. The summed E-state index contributed by atoms with van der Waals surface area (Å²) in [4.78, 5) is 2.44. The van der Waals surface area contributed by atoms with E-state index in [1.807, 2.05) is 19.9 Å². The fourth-order valence-electron chi connectivity index (χ4n) is 2.57. The van der Waals surface area contributed by atoms with Crippen molar-refractivity contribution in [2.24, 2.45) is 11.8 Å². The smallest absolute Gasteiger partial charge is 0.144 e. The monoisotopic (exact) mass is 262 g/mol. The third-order valence-corrected chi connectivity index (χ3v) is 4.06. The second-order valence-corrected chi connectivity index (χ2v) is 6.08. The molecule has 2 N–H and O–H groups in total. The summed E-state index contributed by atoms with van der Waals surface area (Å²) >= 11 is 0. The van der Waals surface area contributed by atoms with Crippen molar-refractivity contribution in [2.75, 3.05) is 23.7 Å². The van der Waals surface area contributed by atoms with E-state index in [-0.39, 0.29) is 6.10 Å². The summed E-state index contributed by atoms with van der Waals surface area (Å²) in [5.74, 6) is 2.36. The molecule has 1 heterocycles. The van der Waals surface area contributed by atoms with Gasteiger partial charge in [-0.15, -0.1) is 0 Å². The highest BCUT2D eigenvalue weighted by Gasteiger charge is 2.23. The third kappa shape index (κ3) is 3.34. The van der Waals surface area contributed by atoms with Crippen LogP contribution in [0, 0.1) is 11.8 Å². The van der Waals surface area contributed by atoms with Gasteiger partial charge in [0.2, 0.25) is 0 Å². The fraction of sp³-hybridized carbons (Fsp3) is 0.625. The Balaban J connectivity index is 2.16. The fourth-order valence-corrected chi connectivity index (χ4v) is 2.57. The Bertz CT molecular complexity index is 431. The van der Waals surface area contributed by atoms with Crippen LogP contribution >= 0.6 is 0 Å². The molecule has 0 bridgehead atoms. The third-order valence-electron chi connectivity index (χ3n) is 4.06. The Kier molecular flexibility index (Phi) is 4.23. The van der Waals surface area contributed by atoms with Crippen molar-refractivity contribution in [2.45, 2.75) is 40.2 Å². The number of rotatable bonds is 3. The van der Waals surface area contributed by atoms with Crippen LogP contribution in [-0.2, 0) is 0 Å². The Hall–Kier alpha value is -1.38. The molecule has 19 heavy (non-hydrogen) atoms. The number of nitrogens with zero attached hydrogens (tertiary/aromatic N) is 1. The van der Waals surface area contributed by atoms with Crippen molar-refractivity contribution < 1.29 is 4.74 Å². The number of nitrogens with two attached hydrogens (primary N) is 1. The van der Waals surface area contributed by atoms with E-state index in [0.717, 1.165) is 36.4 Å². The van der Waals surface area contributed by atoms with Gasteiger partial charge in [0.05, 0.1) is 11.8 Å². The highest BCUT2D eigenvalue weighted by atomic mass is 16.5. The largest absolute Gasteiger partial charge is 0.489 e. The van der Waals surface area contributed by atoms with Crippen molar-refractivity contribution in [3.63, 3.8) is 0 Å². The SMILES string of the molecule is CC(C)Oc1cc(N2CCC(C)C(C)C2)ccc1N. The van der Waals surface area contributed by atoms with Crippen molar-refractivity contribution in [1.29, 1.82) is 0 Å². The van der Waals surface area contributed by atoms with Crippen LogP contribution in [0.5, 0.6) is 5.75 Å². The molecule has 1 aromatic carbocycles. The van der Waals surface area contributed by atoms with E-state index in [1.165, 1.54) is 12.1 Å². The van der Waals surface area contributed by atoms with E-state index >= 15 is 0 Å². The average Bonchev–Trinajstić information content (AvgIpc) is 2.35. The maximum atomic E-state index is 5.97. The number of hydrogen-bond donors (Lipinski definition) is 1. The van der Waals surface area contributed by atoms with E-state index in [2.05, 4.69) is 30.9 Å². The second kappa shape index (κ2) is 5.72. The maximum Gasteiger partial charge on any atom is 0.144 e. The molecule has 2 unspecified atom stereocenters. The van der Waals surface area contributed by atoms with Gasteiger partial charge in [0.15, 0.2) is 0 Å². The molecule has 3 nitrogen and oxygen atoms in total. The van der Waals surface area contributed by atoms with E-state index in [0.29, 0.717) is 0 Å². The molecule has 0 spiro atoms. The Morgan fingerprint density at radius 1 is 1.26 bits per heavy atom. The minimum absolute atomic E-state index is 0.151. The van der Waals surface area contributed by atoms with Gasteiger partial charge < -0.3 is 15.4 Å². The summed E-state index contributed by atoms with van der Waals surface area (Å²) in [6.07, 6.45) is 1.41. The van der Waals surface area contributed by atoms with Crippen LogP contribution < -0.4 is 15.4 Å². The van der Waals surface area contributed by atoms with E-state index in [1.54, 1.807) is 0 Å². The number of anilines is 2. The predicted octanol–water partition coefficient (Wildman–Crippen LogP) is 3.54. The topological polar surface area (TPSA) is 38.5 Å². The van der Waals surface area contributed by atoms with Crippen molar-refractivity contribution in [3.05, 3.63) is 18.2 Å². The molecule has 0 saturated carbocycles. The Labute approximate surface area is 116 Å². The molecule has 3 heteroatoms. The number of hydrogen-bond acceptors (Lipinski definition) is 3. The van der Waals surface area contributed by atoms with Crippen molar-refractivity contribution in [3.8, 4) is 5.75 Å². The molecule has 0 aromatic heterocycles. The van der Waals surface area contributed by atoms with E-state index < -0.39 is 0 Å². The van der Waals surface area contributed by atoms with Gasteiger partial charge in [-0.05, 0) is 44.2 Å². The first-order valence-electron chi connectivity index (χ1n) is 7.28. The van der Waals surface area contributed by atoms with Gasteiger partial charge in [0.1, 0.15) is 5.75 Å². The number of ether oxygens (including phenoxy) is 1. The molecule has 1 aromatic rings. The van der Waals surface area contributed by atoms with Gasteiger partial charge in [-0.25, -0.2) is 0 Å². The first-order valence-corrected chi connectivity index (χ1v) is 7.28. The van der Waals surface area contributed by atoms with Gasteiger partial charge >= 0.3 is 0 Å². The minimum Gasteiger partial charge on any atom is -0.489 e. The quantitative estimate of drug-likeness (QED) is 0.847. The molecule has 1 fully saturated rings. The predicted molar refractivity (Wildman–Crippen MR) is 81.8 cm³/mol. The van der Waals surface area contributed by atoms with Gasteiger partial charge in [0, 0.05) is 24.8 Å². The first-order chi connectivity index (χ1) is 8.97. The molecule has 0 radical (unpaired) electrons. The van der Waals surface area contributed by atoms with Crippen LogP contribution in [0.15, 0.2) is 18.2 Å². The summed E-state index contributed by atoms with van der Waals surface area (Å²) in [5, 5.41) is 0. The average molecular weight is 262 g/mol. The Morgan fingerprint density at radius 3 is 2.63 bits per heavy atom. The molecule has 0 amide bonds. The van der Waals surface area contributed by atoms with Crippen LogP contribution in [0.1, 0.15) is 34.1 Å². The molecule has 2 atom stereocenters. The maximum absolute atomic E-state index is 5.97. The number of piperidine rings is 1. The van der Waals surface area contributed by atoms with Crippen molar-refractivity contribution in [1.82, 2.24) is 0 Å². The lowest BCUT2D eigenvalue weighted by atomic mass is 9.88. The van der Waals surface area contributed by atoms with Crippen LogP contribution in [0.25, 0.3) is 0 Å². The summed E-state index contributed by atoms with van der Waals surface area (Å²) in [5.41, 5.74) is 7.92. The van der Waals surface area contributed by atoms with Crippen LogP contribution in [-0.4, -0.2) is 19.2 Å². The molecular weight excluding hydrogens is 236 g/mol. The van der Waals surface area contributed by atoms with Gasteiger partial charge in [-0.3, -0.25) is 0 Å². The molecule has 106 valence electrons. The molecule has 2 rings (SSSR count). The lowest BCUT2D eigenvalue weighted by molar-refractivity contribution is 0.244. The molecule has 1 aliphatic rings. The van der Waals surface area contributed by atoms with Crippen LogP contribution in [0.2, 0.25) is 0 Å². The van der Waals surface area contributed by atoms with E-state index in [4.69, 9.17) is 10.5 Å². The second-order valence-electron chi connectivity index (χ2n) is 6.08. The van der Waals surface area contributed by atoms with Crippen LogP contribution in [0.3, 0.4) is 0 Å². The number of benzene rings is 1. The van der Waals surface area contributed by atoms with Gasteiger partial charge in [-0.1, -0.05) is 13.8 Å². The normalized spacial score (nSPS) is 23.7. The van der Waals surface area contributed by atoms with Gasteiger partial charge in [-0.2, -0.15) is 0 Å². The lowest BCUT2D eigenvalue weighted by Crippen LogP contribution is -2.38. The first kappa shape index (κ1) is 14.0. The molecular formula is C16H26N2O. The molecule has 0 aliphatic carbocycles. The lowest BCUT2D eigenvalue weighted by Gasteiger charge is -2.37. The highest BCUT2D eigenvalue weighted by molar-refractivity contribution is 5.62. The summed E-state index contributed by atoms with van der Waals surface area (Å²) in [7, 11) is 0. The standard InChI is InChI=1S/C16H26N2O/c1-11(2)19-16-9-14(5-6-15(16)17)18-8-7-12(3)13(4)10-18/h5-6,9,11-13H,7-8,10,17H2,1-4H3. The summed E-state index contributed by atoms with van der Waals surface area (Å²) < 4.78 is 5.77. The zero-order valence-corrected chi connectivity index (χ0v) is 12.5. The zero-order valence-electron chi connectivity index (χ0n) is 12.5. The molecule has 1 aliphatic heterocycles. The van der Waals surface area contributed by atoms with E-state index in [9.17, 15) is 0 Å². The van der Waals surface area contributed by atoms with Crippen molar-refractivity contribution >= 4 is 11.4 Å². The van der Waals surface area contributed by atoms with Gasteiger partial charge in [0.25, 0.3) is 0 Å². The Morgan fingerprint density at radius 2 is 2.00 bits per heavy atom. The summed E-state index contributed by atoms with van der Waals surface area (Å²) in [6.45, 7) is 11.0. The molecule has 1 saturated heterocycles. The van der Waals surface area contributed by atoms with Crippen LogP contribution in [0.4, 0.5) is 11.4 Å². The number of nitrogen functional groups attached to an aromatic ring is 1. The highest BCUT2D eigenvalue weighted by Crippen LogP contribution is 2.32. The minimum atomic E-state index is 0.151. The zero-order chi connectivity index (χ0) is 14.0.